The zero-order valence-electron chi connectivity index (χ0n) is 30.5. The molecule has 0 aliphatic heterocycles. The minimum Gasteiger partial charge on any atom is -0.406 e. The summed E-state index contributed by atoms with van der Waals surface area (Å²) in [4.78, 5) is 43.4. The Hall–Kier alpha value is -5.91. The molecular formula is C38H38F6N8O3S. The molecule has 0 aliphatic carbocycles. The third-order valence-corrected chi connectivity index (χ3v) is 8.94. The largest absolute Gasteiger partial charge is 0.573 e. The highest BCUT2D eigenvalue weighted by molar-refractivity contribution is 8.00. The summed E-state index contributed by atoms with van der Waals surface area (Å²) < 4.78 is 77.8. The highest BCUT2D eigenvalue weighted by Gasteiger charge is 2.31. The van der Waals surface area contributed by atoms with Crippen LogP contribution in [0.4, 0.5) is 47.3 Å². The van der Waals surface area contributed by atoms with Crippen LogP contribution in [-0.4, -0.2) is 65.8 Å². The number of aromatic amines is 2. The van der Waals surface area contributed by atoms with Gasteiger partial charge in [-0.3, -0.25) is 0 Å². The molecule has 0 bridgehead atoms. The van der Waals surface area contributed by atoms with Crippen LogP contribution in [0.1, 0.15) is 38.8 Å². The Bertz CT molecular complexity index is 2060. The van der Waals surface area contributed by atoms with E-state index >= 15 is 0 Å². The number of thioether (sulfide) groups is 1. The summed E-state index contributed by atoms with van der Waals surface area (Å²) in [6.45, 7) is 8.28. The lowest BCUT2D eigenvalue weighted by atomic mass is 10.2. The maximum atomic E-state index is 12.7. The molecule has 0 fully saturated rings. The molecular weight excluding hydrogens is 763 g/mol. The van der Waals surface area contributed by atoms with Crippen LogP contribution in [0.2, 0.25) is 0 Å². The number of fused-ring (bicyclic) bond motifs is 2. The summed E-state index contributed by atoms with van der Waals surface area (Å²) in [6.07, 6.45) is 2.25. The number of H-pyrrole nitrogens is 2. The summed E-state index contributed by atoms with van der Waals surface area (Å²) in [6, 6.07) is 17.2. The van der Waals surface area contributed by atoms with Gasteiger partial charge in [0.15, 0.2) is 0 Å². The molecule has 0 saturated heterocycles. The van der Waals surface area contributed by atoms with Gasteiger partial charge in [0.1, 0.15) is 17.0 Å². The molecule has 6 aromatic rings. The highest BCUT2D eigenvalue weighted by Crippen LogP contribution is 2.37. The van der Waals surface area contributed by atoms with Gasteiger partial charge in [0.2, 0.25) is 0 Å². The molecule has 11 nitrogen and oxygen atoms in total. The number of aromatic nitrogens is 4. The van der Waals surface area contributed by atoms with E-state index in [0.29, 0.717) is 24.5 Å². The first-order chi connectivity index (χ1) is 26.5. The number of hydrogen-bond donors (Lipinski definition) is 4. The van der Waals surface area contributed by atoms with Crippen molar-refractivity contribution in [2.75, 3.05) is 10.6 Å². The zero-order valence-corrected chi connectivity index (χ0v) is 31.3. The number of amides is 4. The number of halogens is 6. The van der Waals surface area contributed by atoms with Gasteiger partial charge < -0.3 is 35.1 Å². The minimum atomic E-state index is -4.76. The number of benzene rings is 2. The van der Waals surface area contributed by atoms with E-state index in [1.165, 1.54) is 36.4 Å². The molecule has 56 heavy (non-hydrogen) atoms. The topological polar surface area (TPSA) is 131 Å². The highest BCUT2D eigenvalue weighted by atomic mass is 32.2. The Labute approximate surface area is 321 Å². The van der Waals surface area contributed by atoms with Gasteiger partial charge in [-0.1, -0.05) is 0 Å². The summed E-state index contributed by atoms with van der Waals surface area (Å²) in [7, 11) is 0. The molecule has 2 aromatic carbocycles. The van der Waals surface area contributed by atoms with Crippen molar-refractivity contribution in [1.82, 2.24) is 29.7 Å². The standard InChI is InChI=1S/C19H19F3N4O2.C19H19F3N4OS/c2*1-12(2)26(11-13-10-24-17-16(13)4-3-9-23-17)18(27)25-14-5-7-15(8-6-14)28-19(20,21)22/h2*3-10,12H,11H2,1-2H3,(H,23,24)(H,25,27). The van der Waals surface area contributed by atoms with E-state index in [4.69, 9.17) is 0 Å². The van der Waals surface area contributed by atoms with Crippen LogP contribution in [0, 0.1) is 0 Å². The summed E-state index contributed by atoms with van der Waals surface area (Å²) in [5, 5.41) is 7.31. The van der Waals surface area contributed by atoms with E-state index in [1.807, 2.05) is 64.4 Å². The van der Waals surface area contributed by atoms with E-state index in [2.05, 4.69) is 35.3 Å². The number of rotatable bonds is 10. The van der Waals surface area contributed by atoms with Gasteiger partial charge in [0.05, 0.1) is 0 Å². The molecule has 0 saturated carbocycles. The van der Waals surface area contributed by atoms with Gasteiger partial charge in [-0.2, -0.15) is 13.2 Å². The van der Waals surface area contributed by atoms with Crippen LogP contribution in [0.3, 0.4) is 0 Å². The number of alkyl halides is 6. The number of anilines is 2. The predicted molar refractivity (Wildman–Crippen MR) is 203 cm³/mol. The SMILES string of the molecule is CC(C)N(Cc1c[nH]c2ncccc12)C(=O)Nc1ccc(OC(F)(F)F)cc1.CC(C)N(Cc1c[nH]c2ncccc12)C(=O)Nc1ccc(SC(F)(F)F)cc1. The molecule has 296 valence electrons. The lowest BCUT2D eigenvalue weighted by Gasteiger charge is -2.27. The average molecular weight is 801 g/mol. The van der Waals surface area contributed by atoms with E-state index in [-0.39, 0.29) is 46.6 Å². The number of carbonyl (C=O) groups is 2. The molecule has 18 heteroatoms. The summed E-state index contributed by atoms with van der Waals surface area (Å²) in [5.41, 5.74) is -0.201. The first-order valence-electron chi connectivity index (χ1n) is 17.1. The first-order valence-corrected chi connectivity index (χ1v) is 18.0. The van der Waals surface area contributed by atoms with Crippen LogP contribution in [-0.2, 0) is 13.1 Å². The van der Waals surface area contributed by atoms with Crippen molar-refractivity contribution in [1.29, 1.82) is 0 Å². The second kappa shape index (κ2) is 17.7. The number of hydrogen-bond acceptors (Lipinski definition) is 6. The molecule has 0 spiro atoms. The average Bonchev–Trinajstić information content (AvgIpc) is 3.74. The molecule has 0 aliphatic rings. The van der Waals surface area contributed by atoms with Crippen molar-refractivity contribution < 1.29 is 40.7 Å². The maximum Gasteiger partial charge on any atom is 0.573 e. The monoisotopic (exact) mass is 800 g/mol. The van der Waals surface area contributed by atoms with Gasteiger partial charge in [-0.25, -0.2) is 19.6 Å². The van der Waals surface area contributed by atoms with E-state index in [0.717, 1.165) is 45.3 Å². The van der Waals surface area contributed by atoms with Crippen LogP contribution in [0.5, 0.6) is 5.75 Å². The predicted octanol–water partition coefficient (Wildman–Crippen LogP) is 10.5. The Balaban J connectivity index is 0.000000214. The van der Waals surface area contributed by atoms with Gasteiger partial charge in [0, 0.05) is 77.0 Å². The fourth-order valence-electron chi connectivity index (χ4n) is 5.50. The van der Waals surface area contributed by atoms with Gasteiger partial charge in [0.25, 0.3) is 0 Å². The van der Waals surface area contributed by atoms with Gasteiger partial charge in [-0.15, -0.1) is 13.2 Å². The minimum absolute atomic E-state index is 0.0671. The molecule has 4 N–H and O–H groups in total. The smallest absolute Gasteiger partial charge is 0.406 e. The van der Waals surface area contributed by atoms with Crippen LogP contribution < -0.4 is 15.4 Å². The van der Waals surface area contributed by atoms with Gasteiger partial charge in [-0.05, 0) is 123 Å². The quantitative estimate of drug-likeness (QED) is 0.0806. The van der Waals surface area contributed by atoms with Crippen molar-refractivity contribution in [3.05, 3.63) is 109 Å². The third-order valence-electron chi connectivity index (χ3n) is 8.20. The van der Waals surface area contributed by atoms with E-state index in [1.54, 1.807) is 22.2 Å². The Morgan fingerprint density at radius 1 is 0.696 bits per heavy atom. The van der Waals surface area contributed by atoms with Gasteiger partial charge >= 0.3 is 23.9 Å². The maximum absolute atomic E-state index is 12.7. The van der Waals surface area contributed by atoms with Crippen molar-refractivity contribution in [2.24, 2.45) is 0 Å². The number of nitrogens with zero attached hydrogens (tertiary/aromatic N) is 4. The van der Waals surface area contributed by atoms with Crippen molar-refractivity contribution in [3.8, 4) is 5.75 Å². The summed E-state index contributed by atoms with van der Waals surface area (Å²) in [5.74, 6) is -0.350. The molecule has 4 heterocycles. The third kappa shape index (κ3) is 11.5. The Morgan fingerprint density at radius 3 is 1.52 bits per heavy atom. The fourth-order valence-corrected chi connectivity index (χ4v) is 6.04. The lowest BCUT2D eigenvalue weighted by Crippen LogP contribution is -2.39. The molecule has 4 amide bonds. The molecule has 0 unspecified atom stereocenters. The molecule has 6 rings (SSSR count). The lowest BCUT2D eigenvalue weighted by molar-refractivity contribution is -0.274. The molecule has 0 atom stereocenters. The Morgan fingerprint density at radius 2 is 1.12 bits per heavy atom. The van der Waals surface area contributed by atoms with Crippen LogP contribution in [0.25, 0.3) is 22.1 Å². The van der Waals surface area contributed by atoms with E-state index < -0.39 is 11.9 Å². The number of carbonyl (C=O) groups excluding carboxylic acids is 2. The van der Waals surface area contributed by atoms with Crippen LogP contribution >= 0.6 is 11.8 Å². The number of nitrogens with one attached hydrogen (secondary N) is 4. The Kier molecular flexibility index (Phi) is 13.0. The van der Waals surface area contributed by atoms with Crippen LogP contribution in [0.15, 0.2) is 102 Å². The number of ether oxygens (including phenoxy) is 1. The zero-order chi connectivity index (χ0) is 40.6. The second-order valence-electron chi connectivity index (χ2n) is 12.9. The van der Waals surface area contributed by atoms with Crippen molar-refractivity contribution in [3.63, 3.8) is 0 Å². The molecule has 4 aromatic heterocycles. The fraction of sp³-hybridized carbons (Fsp3) is 0.263. The number of pyridine rings is 2. The molecule has 0 radical (unpaired) electrons. The second-order valence-corrected chi connectivity index (χ2v) is 14.0. The van der Waals surface area contributed by atoms with E-state index in [9.17, 15) is 35.9 Å². The van der Waals surface area contributed by atoms with Crippen molar-refractivity contribution in [2.45, 2.75) is 69.6 Å². The number of urea groups is 2. The first kappa shape index (κ1) is 41.3. The summed E-state index contributed by atoms with van der Waals surface area (Å²) >= 11 is -0.189. The normalized spacial score (nSPS) is 11.7. The van der Waals surface area contributed by atoms with Crippen molar-refractivity contribution >= 4 is 57.3 Å².